The van der Waals surface area contributed by atoms with E-state index in [9.17, 15) is 9.59 Å². The fraction of sp³-hybridized carbons (Fsp3) is 0.273. The number of carbonyl (C=O) groups excluding carboxylic acids is 1. The van der Waals surface area contributed by atoms with Crippen molar-refractivity contribution in [2.45, 2.75) is 6.04 Å². The molecule has 2 aromatic rings. The standard InChI is InChI=1S/C11H9BrN4O3S/c12-7-1-2-20-9(7)10(17)15-3-6(4-15)16-5-8(11(18)19)13-14-16/h1-2,5-6H,3-4H2,(H,18,19). The molecule has 104 valence electrons. The van der Waals surface area contributed by atoms with Crippen molar-refractivity contribution < 1.29 is 14.7 Å². The first-order valence-electron chi connectivity index (χ1n) is 5.73. The number of carbonyl (C=O) groups is 2. The molecule has 0 bridgehead atoms. The topological polar surface area (TPSA) is 88.3 Å². The summed E-state index contributed by atoms with van der Waals surface area (Å²) in [6, 6.07) is 1.82. The third-order valence-electron chi connectivity index (χ3n) is 3.06. The van der Waals surface area contributed by atoms with E-state index in [0.717, 1.165) is 4.47 Å². The van der Waals surface area contributed by atoms with E-state index in [1.807, 2.05) is 11.4 Å². The van der Waals surface area contributed by atoms with Crippen molar-refractivity contribution >= 4 is 39.1 Å². The van der Waals surface area contributed by atoms with Gasteiger partial charge in [-0.2, -0.15) is 0 Å². The van der Waals surface area contributed by atoms with Gasteiger partial charge < -0.3 is 10.0 Å². The Hall–Kier alpha value is -1.74. The highest BCUT2D eigenvalue weighted by atomic mass is 79.9. The first kappa shape index (κ1) is 13.3. The highest BCUT2D eigenvalue weighted by Crippen LogP contribution is 2.28. The lowest BCUT2D eigenvalue weighted by Gasteiger charge is -2.38. The minimum Gasteiger partial charge on any atom is -0.476 e. The van der Waals surface area contributed by atoms with Crippen LogP contribution in [0.1, 0.15) is 26.2 Å². The van der Waals surface area contributed by atoms with Crippen LogP contribution in [0.2, 0.25) is 0 Å². The fourth-order valence-electron chi connectivity index (χ4n) is 1.93. The number of amides is 1. The Balaban J connectivity index is 1.65. The number of thiophene rings is 1. The number of carboxylic acids is 1. The van der Waals surface area contributed by atoms with Crippen LogP contribution >= 0.6 is 27.3 Å². The molecule has 2 aromatic heterocycles. The molecule has 0 atom stereocenters. The van der Waals surface area contributed by atoms with Gasteiger partial charge >= 0.3 is 5.97 Å². The van der Waals surface area contributed by atoms with Gasteiger partial charge in [-0.1, -0.05) is 5.21 Å². The molecule has 3 rings (SSSR count). The van der Waals surface area contributed by atoms with E-state index >= 15 is 0 Å². The highest BCUT2D eigenvalue weighted by Gasteiger charge is 2.34. The average Bonchev–Trinajstić information content (AvgIpc) is 2.95. The Labute approximate surface area is 125 Å². The number of hydrogen-bond donors (Lipinski definition) is 1. The van der Waals surface area contributed by atoms with Gasteiger partial charge in [0.15, 0.2) is 5.69 Å². The Kier molecular flexibility index (Phi) is 3.30. The van der Waals surface area contributed by atoms with E-state index in [2.05, 4.69) is 26.2 Å². The lowest BCUT2D eigenvalue weighted by Crippen LogP contribution is -2.50. The van der Waals surface area contributed by atoms with Gasteiger partial charge in [-0.3, -0.25) is 4.79 Å². The predicted octanol–water partition coefficient (Wildman–Crippen LogP) is 1.50. The number of aromatic carboxylic acids is 1. The molecular formula is C11H9BrN4O3S. The van der Waals surface area contributed by atoms with Gasteiger partial charge in [0.05, 0.1) is 12.2 Å². The lowest BCUT2D eigenvalue weighted by molar-refractivity contribution is 0.0501. The number of rotatable bonds is 3. The second-order valence-electron chi connectivity index (χ2n) is 4.35. The van der Waals surface area contributed by atoms with Gasteiger partial charge in [0.25, 0.3) is 5.91 Å². The van der Waals surface area contributed by atoms with E-state index in [-0.39, 0.29) is 17.6 Å². The molecule has 3 heterocycles. The Morgan fingerprint density at radius 1 is 1.45 bits per heavy atom. The molecule has 0 spiro atoms. The summed E-state index contributed by atoms with van der Waals surface area (Å²) in [6.07, 6.45) is 1.38. The molecule has 1 fully saturated rings. The summed E-state index contributed by atoms with van der Waals surface area (Å²) >= 11 is 4.73. The number of likely N-dealkylation sites (tertiary alicyclic amines) is 1. The zero-order valence-corrected chi connectivity index (χ0v) is 12.5. The van der Waals surface area contributed by atoms with Crippen LogP contribution in [0.4, 0.5) is 0 Å². The zero-order chi connectivity index (χ0) is 14.3. The Bertz CT molecular complexity index is 677. The maximum Gasteiger partial charge on any atom is 0.358 e. The molecule has 9 heteroatoms. The molecule has 1 saturated heterocycles. The molecule has 1 aliphatic rings. The van der Waals surface area contributed by atoms with Gasteiger partial charge in [-0.05, 0) is 27.4 Å². The maximum atomic E-state index is 12.2. The zero-order valence-electron chi connectivity index (χ0n) is 10.1. The quantitative estimate of drug-likeness (QED) is 0.899. The van der Waals surface area contributed by atoms with E-state index in [4.69, 9.17) is 5.11 Å². The number of halogens is 1. The van der Waals surface area contributed by atoms with Crippen molar-refractivity contribution in [1.82, 2.24) is 19.9 Å². The molecule has 1 N–H and O–H groups in total. The van der Waals surface area contributed by atoms with Crippen LogP contribution in [-0.2, 0) is 0 Å². The summed E-state index contributed by atoms with van der Waals surface area (Å²) in [5.41, 5.74) is -0.0872. The predicted molar refractivity (Wildman–Crippen MR) is 73.9 cm³/mol. The molecule has 0 radical (unpaired) electrons. The van der Waals surface area contributed by atoms with Crippen molar-refractivity contribution in [1.29, 1.82) is 0 Å². The average molecular weight is 357 g/mol. The van der Waals surface area contributed by atoms with Gasteiger partial charge in [0, 0.05) is 17.6 Å². The SMILES string of the molecule is O=C(O)c1cn(C2CN(C(=O)c3sccc3Br)C2)nn1. The summed E-state index contributed by atoms with van der Waals surface area (Å²) in [5, 5.41) is 18.0. The second-order valence-corrected chi connectivity index (χ2v) is 6.12. The monoisotopic (exact) mass is 356 g/mol. The third kappa shape index (κ3) is 2.22. The summed E-state index contributed by atoms with van der Waals surface area (Å²) < 4.78 is 2.29. The minimum atomic E-state index is -1.11. The van der Waals surface area contributed by atoms with Crippen LogP contribution in [-0.4, -0.2) is 50.0 Å². The van der Waals surface area contributed by atoms with Gasteiger partial charge in [-0.15, -0.1) is 16.4 Å². The fourth-order valence-corrected chi connectivity index (χ4v) is 3.44. The van der Waals surface area contributed by atoms with E-state index in [1.54, 1.807) is 4.90 Å². The van der Waals surface area contributed by atoms with E-state index < -0.39 is 5.97 Å². The molecule has 1 aliphatic heterocycles. The van der Waals surface area contributed by atoms with Crippen LogP contribution < -0.4 is 0 Å². The molecule has 1 amide bonds. The number of aromatic nitrogens is 3. The maximum absolute atomic E-state index is 12.2. The van der Waals surface area contributed by atoms with Crippen LogP contribution in [0.5, 0.6) is 0 Å². The Morgan fingerprint density at radius 2 is 2.20 bits per heavy atom. The van der Waals surface area contributed by atoms with Crippen LogP contribution in [0.15, 0.2) is 22.1 Å². The van der Waals surface area contributed by atoms with Crippen LogP contribution in [0, 0.1) is 0 Å². The molecule has 0 aromatic carbocycles. The third-order valence-corrected chi connectivity index (χ3v) is 4.89. The van der Waals surface area contributed by atoms with E-state index in [1.165, 1.54) is 22.2 Å². The number of nitrogens with zero attached hydrogens (tertiary/aromatic N) is 4. The van der Waals surface area contributed by atoms with Crippen molar-refractivity contribution in [3.05, 3.63) is 32.7 Å². The molecular weight excluding hydrogens is 348 g/mol. The van der Waals surface area contributed by atoms with Gasteiger partial charge in [0.2, 0.25) is 0 Å². The summed E-state index contributed by atoms with van der Waals surface area (Å²) in [5.74, 6) is -1.13. The van der Waals surface area contributed by atoms with Gasteiger partial charge in [-0.25, -0.2) is 9.48 Å². The summed E-state index contributed by atoms with van der Waals surface area (Å²) in [6.45, 7) is 1.01. The van der Waals surface area contributed by atoms with Crippen LogP contribution in [0.25, 0.3) is 0 Å². The summed E-state index contributed by atoms with van der Waals surface area (Å²) in [7, 11) is 0. The number of hydrogen-bond acceptors (Lipinski definition) is 5. The molecule has 0 saturated carbocycles. The van der Waals surface area contributed by atoms with Crippen molar-refractivity contribution in [2.75, 3.05) is 13.1 Å². The smallest absolute Gasteiger partial charge is 0.358 e. The minimum absolute atomic E-state index is 0.0155. The Morgan fingerprint density at radius 3 is 2.75 bits per heavy atom. The molecule has 0 aliphatic carbocycles. The van der Waals surface area contributed by atoms with E-state index in [0.29, 0.717) is 18.0 Å². The van der Waals surface area contributed by atoms with Crippen molar-refractivity contribution in [2.24, 2.45) is 0 Å². The molecule has 0 unspecified atom stereocenters. The summed E-state index contributed by atoms with van der Waals surface area (Å²) in [4.78, 5) is 25.3. The first-order chi connectivity index (χ1) is 9.56. The first-order valence-corrected chi connectivity index (χ1v) is 7.41. The van der Waals surface area contributed by atoms with Crippen molar-refractivity contribution in [3.8, 4) is 0 Å². The normalized spacial score (nSPS) is 15.2. The number of carboxylic acid groups (broad SMARTS) is 1. The molecule has 7 nitrogen and oxygen atoms in total. The van der Waals surface area contributed by atoms with Crippen LogP contribution in [0.3, 0.4) is 0 Å². The largest absolute Gasteiger partial charge is 0.476 e. The molecule has 20 heavy (non-hydrogen) atoms. The second kappa shape index (κ2) is 4.98. The van der Waals surface area contributed by atoms with Gasteiger partial charge in [0.1, 0.15) is 4.88 Å². The lowest BCUT2D eigenvalue weighted by atomic mass is 10.1. The van der Waals surface area contributed by atoms with Crippen molar-refractivity contribution in [3.63, 3.8) is 0 Å². The highest BCUT2D eigenvalue weighted by molar-refractivity contribution is 9.10.